The van der Waals surface area contributed by atoms with Crippen molar-refractivity contribution >= 4 is 47.4 Å². The molecule has 13 N–H and O–H groups in total. The lowest BCUT2D eigenvalue weighted by Gasteiger charge is -2.29. The number of carboxylic acid groups (broad SMARTS) is 1. The van der Waals surface area contributed by atoms with Crippen LogP contribution in [0.25, 0.3) is 0 Å². The Morgan fingerprint density at radius 3 is 1.66 bits per heavy atom. The summed E-state index contributed by atoms with van der Waals surface area (Å²) in [5.41, 5.74) is 17.8. The maximum Gasteiger partial charge on any atom is 0.322 e. The zero-order chi connectivity index (χ0) is 40.4. The van der Waals surface area contributed by atoms with E-state index < -0.39 is 102 Å². The Morgan fingerprint density at radius 1 is 0.660 bits per heavy atom. The van der Waals surface area contributed by atoms with Gasteiger partial charge < -0.3 is 54.2 Å². The maximum atomic E-state index is 13.7. The number of hydrogen-bond acceptors (Lipinski definition) is 9. The summed E-state index contributed by atoms with van der Waals surface area (Å²) in [4.78, 5) is 94.2. The lowest BCUT2D eigenvalue weighted by atomic mass is 9.98. The molecule has 6 atom stereocenters. The first kappa shape index (κ1) is 45.8. The largest absolute Gasteiger partial charge is 0.480 e. The average molecular weight is 747 g/mol. The van der Waals surface area contributed by atoms with Crippen LogP contribution in [0.1, 0.15) is 66.9 Å². The Hall–Kier alpha value is -5.26. The quantitative estimate of drug-likeness (QED) is 0.0359. The van der Waals surface area contributed by atoms with Gasteiger partial charge >= 0.3 is 5.97 Å². The third-order valence-electron chi connectivity index (χ3n) is 8.12. The van der Waals surface area contributed by atoms with E-state index in [-0.39, 0.29) is 31.8 Å². The van der Waals surface area contributed by atoms with Crippen molar-refractivity contribution < 1.29 is 38.7 Å². The van der Waals surface area contributed by atoms with E-state index in [1.54, 1.807) is 41.5 Å². The number of amides is 6. The second-order valence-corrected chi connectivity index (χ2v) is 13.8. The first-order chi connectivity index (χ1) is 24.7. The van der Waals surface area contributed by atoms with E-state index in [9.17, 15) is 33.6 Å². The summed E-state index contributed by atoms with van der Waals surface area (Å²) < 4.78 is 0. The fourth-order valence-corrected chi connectivity index (χ4v) is 5.03. The lowest BCUT2D eigenvalue weighted by molar-refractivity contribution is -0.139. The maximum absolute atomic E-state index is 13.7. The highest BCUT2D eigenvalue weighted by atomic mass is 16.4. The Kier molecular flexibility index (Phi) is 19.5. The summed E-state index contributed by atoms with van der Waals surface area (Å²) in [6.07, 6.45) is 0.543. The van der Waals surface area contributed by atoms with Gasteiger partial charge in [-0.1, -0.05) is 71.9 Å². The van der Waals surface area contributed by atoms with E-state index in [0.717, 1.165) is 5.56 Å². The van der Waals surface area contributed by atoms with Crippen molar-refractivity contribution in [1.29, 1.82) is 0 Å². The van der Waals surface area contributed by atoms with Crippen LogP contribution in [-0.4, -0.2) is 102 Å². The number of carbonyl (C=O) groups excluding carboxylic acids is 6. The molecule has 6 amide bonds. The summed E-state index contributed by atoms with van der Waals surface area (Å²) in [7, 11) is 0. The number of aliphatic imine (C=N–C) groups is 1. The van der Waals surface area contributed by atoms with Gasteiger partial charge in [0, 0.05) is 6.54 Å². The van der Waals surface area contributed by atoms with E-state index in [1.807, 2.05) is 30.3 Å². The summed E-state index contributed by atoms with van der Waals surface area (Å²) in [6, 6.07) is 2.57. The van der Waals surface area contributed by atoms with Crippen LogP contribution < -0.4 is 49.1 Å². The van der Waals surface area contributed by atoms with E-state index in [0.29, 0.717) is 0 Å². The molecule has 1 aromatic rings. The Bertz CT molecular complexity index is 1430. The molecule has 0 aliphatic rings. The number of aliphatic carboxylic acids is 1. The molecule has 0 aliphatic heterocycles. The molecule has 1 aromatic carbocycles. The first-order valence-corrected chi connectivity index (χ1v) is 17.6. The number of hydrogen-bond donors (Lipinski definition) is 10. The van der Waals surface area contributed by atoms with Gasteiger partial charge in [0.1, 0.15) is 36.8 Å². The number of guanidine groups is 1. The van der Waals surface area contributed by atoms with E-state index in [1.165, 1.54) is 6.92 Å². The van der Waals surface area contributed by atoms with Crippen LogP contribution in [-0.2, 0) is 40.0 Å². The van der Waals surface area contributed by atoms with Gasteiger partial charge in [-0.25, -0.2) is 0 Å². The van der Waals surface area contributed by atoms with Gasteiger partial charge in [0.2, 0.25) is 35.4 Å². The minimum atomic E-state index is -1.26. The molecule has 18 heteroatoms. The zero-order valence-corrected chi connectivity index (χ0v) is 31.6. The van der Waals surface area contributed by atoms with Gasteiger partial charge in [0.15, 0.2) is 5.96 Å². The molecule has 53 heavy (non-hydrogen) atoms. The Balaban J connectivity index is 3.12. The molecular weight excluding hydrogens is 688 g/mol. The molecule has 0 bridgehead atoms. The third-order valence-corrected chi connectivity index (χ3v) is 8.12. The van der Waals surface area contributed by atoms with Crippen LogP contribution in [0.2, 0.25) is 0 Å². The lowest BCUT2D eigenvalue weighted by Crippen LogP contribution is -2.61. The number of nitrogens with two attached hydrogens (primary N) is 3. The molecule has 1 rings (SSSR count). The highest BCUT2D eigenvalue weighted by molar-refractivity contribution is 5.97. The molecule has 0 heterocycles. The second-order valence-electron chi connectivity index (χ2n) is 13.8. The Morgan fingerprint density at radius 2 is 1.15 bits per heavy atom. The van der Waals surface area contributed by atoms with E-state index in [2.05, 4.69) is 36.9 Å². The third kappa shape index (κ3) is 16.7. The predicted octanol–water partition coefficient (Wildman–Crippen LogP) is -1.78. The van der Waals surface area contributed by atoms with Crippen LogP contribution in [0.4, 0.5) is 0 Å². The van der Waals surface area contributed by atoms with Crippen molar-refractivity contribution in [3.05, 3.63) is 35.9 Å². The van der Waals surface area contributed by atoms with Crippen molar-refractivity contribution in [3.63, 3.8) is 0 Å². The predicted molar refractivity (Wildman–Crippen MR) is 199 cm³/mol. The zero-order valence-electron chi connectivity index (χ0n) is 31.6. The molecule has 0 aliphatic carbocycles. The van der Waals surface area contributed by atoms with Crippen molar-refractivity contribution in [1.82, 2.24) is 31.9 Å². The van der Waals surface area contributed by atoms with Gasteiger partial charge in [0.05, 0.1) is 6.04 Å². The molecule has 18 nitrogen and oxygen atoms in total. The van der Waals surface area contributed by atoms with Crippen LogP contribution in [0.15, 0.2) is 35.3 Å². The molecular formula is C35H58N10O8. The van der Waals surface area contributed by atoms with Crippen molar-refractivity contribution in [2.45, 2.75) is 104 Å². The molecule has 296 valence electrons. The molecule has 0 radical (unpaired) electrons. The summed E-state index contributed by atoms with van der Waals surface area (Å²) >= 11 is 0. The fourth-order valence-electron chi connectivity index (χ4n) is 5.03. The number of nitrogens with one attached hydrogen (secondary N) is 6. The molecule has 0 aromatic heterocycles. The molecule has 0 saturated heterocycles. The average Bonchev–Trinajstić information content (AvgIpc) is 3.07. The van der Waals surface area contributed by atoms with E-state index >= 15 is 0 Å². The smallest absolute Gasteiger partial charge is 0.322 e. The van der Waals surface area contributed by atoms with Crippen molar-refractivity contribution in [3.8, 4) is 0 Å². The monoisotopic (exact) mass is 746 g/mol. The molecule has 0 saturated carbocycles. The SMILES string of the molecule is CC(C)[C@H](NC(=O)[C@H](C)NC(=O)[C@@H](N)Cc1ccccc1)C(=O)N[C@@H](CCCN=C(N)N)C(=O)N[C@H](C(=O)N[C@H](C(=O)NCC(=O)O)C(C)C)C(C)C. The molecule has 0 fully saturated rings. The highest BCUT2D eigenvalue weighted by Gasteiger charge is 2.34. The van der Waals surface area contributed by atoms with Gasteiger partial charge in [0.25, 0.3) is 0 Å². The number of carbonyl (C=O) groups is 7. The van der Waals surface area contributed by atoms with Crippen LogP contribution in [0, 0.1) is 17.8 Å². The molecule has 0 unspecified atom stereocenters. The van der Waals surface area contributed by atoms with Crippen LogP contribution in [0.5, 0.6) is 0 Å². The van der Waals surface area contributed by atoms with Gasteiger partial charge in [-0.15, -0.1) is 0 Å². The number of carboxylic acids is 1. The first-order valence-electron chi connectivity index (χ1n) is 17.6. The van der Waals surface area contributed by atoms with Crippen molar-refractivity contribution in [2.75, 3.05) is 13.1 Å². The van der Waals surface area contributed by atoms with E-state index in [4.69, 9.17) is 22.3 Å². The fraction of sp³-hybridized carbons (Fsp3) is 0.600. The summed E-state index contributed by atoms with van der Waals surface area (Å²) in [6.45, 7) is 11.0. The highest BCUT2D eigenvalue weighted by Crippen LogP contribution is 2.10. The normalized spacial score (nSPS) is 14.5. The van der Waals surface area contributed by atoms with Gasteiger partial charge in [-0.3, -0.25) is 38.6 Å². The molecule has 0 spiro atoms. The Labute approximate surface area is 310 Å². The topological polar surface area (TPSA) is 302 Å². The van der Waals surface area contributed by atoms with Crippen molar-refractivity contribution in [2.24, 2.45) is 39.9 Å². The van der Waals surface area contributed by atoms with Crippen LogP contribution >= 0.6 is 0 Å². The number of rotatable bonds is 22. The summed E-state index contributed by atoms with van der Waals surface area (Å²) in [5.74, 6) is -6.82. The number of nitrogens with zero attached hydrogens (tertiary/aromatic N) is 1. The summed E-state index contributed by atoms with van der Waals surface area (Å²) in [5, 5.41) is 24.3. The number of benzene rings is 1. The standard InChI is InChI=1S/C35H58N10O8/c1-18(2)26(32(51)40-17-25(46)47)45-34(53)28(20(5)6)44-31(50)24(14-11-15-39-35(37)38)42-33(52)27(19(3)4)43-29(48)21(7)41-30(49)23(36)16-22-12-9-8-10-13-22/h8-10,12-13,18-21,23-24,26-28H,11,14-17,36H2,1-7H3,(H,40,51)(H,41,49)(H,42,52)(H,43,48)(H,44,50)(H,45,53)(H,46,47)(H4,37,38,39)/t21-,23-,24-,26-,27-,28-/m0/s1. The minimum absolute atomic E-state index is 0.0392. The minimum Gasteiger partial charge on any atom is -0.480 e. The van der Waals surface area contributed by atoms with Gasteiger partial charge in [-0.05, 0) is 49.5 Å². The van der Waals surface area contributed by atoms with Crippen LogP contribution in [0.3, 0.4) is 0 Å². The second kappa shape index (κ2) is 22.6. The van der Waals surface area contributed by atoms with Gasteiger partial charge in [-0.2, -0.15) is 0 Å².